The Morgan fingerprint density at radius 1 is 1.40 bits per heavy atom. The predicted octanol–water partition coefficient (Wildman–Crippen LogP) is 4.83. The minimum Gasteiger partial charge on any atom is -0.381 e. The number of hydrogen-bond donors (Lipinski definition) is 1. The molecule has 117 valence electrons. The van der Waals surface area contributed by atoms with Gasteiger partial charge < -0.3 is 18.6 Å². The first kappa shape index (κ1) is 21.4. The molecule has 0 aromatic heterocycles. The molecule has 1 fully saturated rings. The maximum Gasteiger partial charge on any atom is 0.0535 e. The van der Waals surface area contributed by atoms with Crippen LogP contribution in [0.2, 0.25) is 0 Å². The number of rotatable bonds is 5. The summed E-state index contributed by atoms with van der Waals surface area (Å²) in [5, 5.41) is 0. The zero-order valence-corrected chi connectivity index (χ0v) is 17.8. The van der Waals surface area contributed by atoms with E-state index < -0.39 is 0 Å². The molecular weight excluding hydrogens is 341 g/mol. The first-order valence-electron chi connectivity index (χ1n) is 7.46. The van der Waals surface area contributed by atoms with E-state index >= 15 is 0 Å². The van der Waals surface area contributed by atoms with Crippen LogP contribution in [0.15, 0.2) is 0 Å². The molecule has 1 nitrogen and oxygen atoms in total. The van der Waals surface area contributed by atoms with Gasteiger partial charge in [0.25, 0.3) is 0 Å². The van der Waals surface area contributed by atoms with Gasteiger partial charge in [0.2, 0.25) is 0 Å². The van der Waals surface area contributed by atoms with Crippen molar-refractivity contribution in [3.63, 3.8) is 0 Å². The average molecular weight is 373 g/mol. The molecule has 1 saturated heterocycles. The Hall–Kier alpha value is 1.41. The van der Waals surface area contributed by atoms with Crippen LogP contribution in [0.25, 0.3) is 0 Å². The van der Waals surface area contributed by atoms with Crippen LogP contribution in [0.4, 0.5) is 0 Å². The van der Waals surface area contributed by atoms with E-state index in [0.717, 1.165) is 26.1 Å². The largest absolute Gasteiger partial charge is 0.381 e. The van der Waals surface area contributed by atoms with Crippen LogP contribution in [0.3, 0.4) is 0 Å². The molecule has 4 atom stereocenters. The van der Waals surface area contributed by atoms with Gasteiger partial charge in [-0.2, -0.15) is 24.0 Å². The van der Waals surface area contributed by atoms with Crippen molar-refractivity contribution in [2.24, 2.45) is 22.7 Å². The van der Waals surface area contributed by atoms with E-state index in [0.29, 0.717) is 11.8 Å². The maximum absolute atomic E-state index is 5.91. The molecular formula is C17H32OSY-2. The van der Waals surface area contributed by atoms with E-state index in [1.54, 1.807) is 0 Å². The van der Waals surface area contributed by atoms with Crippen LogP contribution in [-0.4, -0.2) is 18.0 Å². The van der Waals surface area contributed by atoms with Gasteiger partial charge in [0.1, 0.15) is 0 Å². The summed E-state index contributed by atoms with van der Waals surface area (Å²) < 4.78 is 5.86. The Bertz CT molecular complexity index is 296. The average Bonchev–Trinajstić information content (AvgIpc) is 2.11. The molecule has 0 amide bonds. The third-order valence-electron chi connectivity index (χ3n) is 4.23. The minimum absolute atomic E-state index is 0. The number of ether oxygens (including phenoxy) is 1. The molecule has 0 aliphatic carbocycles. The van der Waals surface area contributed by atoms with Crippen molar-refractivity contribution in [3.05, 3.63) is 13.8 Å². The molecule has 0 bridgehead atoms. The second-order valence-electron chi connectivity index (χ2n) is 8.03. The molecule has 1 rings (SSSR count). The molecule has 0 spiro atoms. The molecule has 20 heavy (non-hydrogen) atoms. The van der Waals surface area contributed by atoms with Crippen LogP contribution >= 0.6 is 12.6 Å². The molecule has 0 aromatic carbocycles. The van der Waals surface area contributed by atoms with E-state index in [1.165, 1.54) is 6.42 Å². The normalized spacial score (nSPS) is 32.1. The molecule has 1 heterocycles. The quantitative estimate of drug-likeness (QED) is 0.537. The summed E-state index contributed by atoms with van der Waals surface area (Å²) >= 11 is 5.06. The third-order valence-corrected chi connectivity index (χ3v) is 4.88. The summed E-state index contributed by atoms with van der Waals surface area (Å²) in [6, 6.07) is 0. The van der Waals surface area contributed by atoms with E-state index in [1.807, 2.05) is 0 Å². The Balaban J connectivity index is 0.00000361. The minimum atomic E-state index is -0.0577. The predicted molar refractivity (Wildman–Crippen MR) is 87.3 cm³/mol. The van der Waals surface area contributed by atoms with Crippen molar-refractivity contribution < 1.29 is 37.4 Å². The first-order chi connectivity index (χ1) is 8.47. The fourth-order valence-electron chi connectivity index (χ4n) is 3.74. The molecule has 3 heteroatoms. The van der Waals surface area contributed by atoms with Gasteiger partial charge in [0, 0.05) is 49.5 Å². The Kier molecular flexibility index (Phi) is 8.35. The molecule has 1 radical (unpaired) electrons. The summed E-state index contributed by atoms with van der Waals surface area (Å²) in [5.41, 5.74) is 0.153. The summed E-state index contributed by atoms with van der Waals surface area (Å²) in [4.78, 5) is 0. The summed E-state index contributed by atoms with van der Waals surface area (Å²) in [6.07, 6.45) is 3.25. The van der Waals surface area contributed by atoms with Crippen molar-refractivity contribution in [3.8, 4) is 0 Å². The molecule has 0 saturated carbocycles. The van der Waals surface area contributed by atoms with Gasteiger partial charge in [-0.3, -0.25) is 0 Å². The zero-order valence-electron chi connectivity index (χ0n) is 14.0. The van der Waals surface area contributed by atoms with Crippen molar-refractivity contribution >= 4 is 12.6 Å². The second-order valence-corrected chi connectivity index (χ2v) is 9.02. The van der Waals surface area contributed by atoms with Crippen LogP contribution in [0.5, 0.6) is 0 Å². The van der Waals surface area contributed by atoms with Crippen molar-refractivity contribution in [2.45, 2.75) is 58.6 Å². The van der Waals surface area contributed by atoms with Crippen LogP contribution in [0.1, 0.15) is 53.9 Å². The number of hydrogen-bond acceptors (Lipinski definition) is 2. The molecule has 1 aliphatic heterocycles. The van der Waals surface area contributed by atoms with Crippen molar-refractivity contribution in [1.82, 2.24) is 0 Å². The van der Waals surface area contributed by atoms with Gasteiger partial charge in [0.05, 0.1) is 6.61 Å². The molecule has 1 aliphatic rings. The summed E-state index contributed by atoms with van der Waals surface area (Å²) in [6.45, 7) is 21.3. The SMILES string of the molecule is [CH2-]C(C)CC(C)(S)C1(CC([CH2-])(C)C)COCC(C)C1.[Y]. The summed E-state index contributed by atoms with van der Waals surface area (Å²) in [5.74, 6) is 1.01. The Morgan fingerprint density at radius 2 is 1.95 bits per heavy atom. The van der Waals surface area contributed by atoms with E-state index in [9.17, 15) is 0 Å². The summed E-state index contributed by atoms with van der Waals surface area (Å²) in [7, 11) is 0. The second kappa shape index (κ2) is 7.80. The van der Waals surface area contributed by atoms with E-state index in [2.05, 4.69) is 48.5 Å². The Morgan fingerprint density at radius 3 is 2.35 bits per heavy atom. The monoisotopic (exact) mass is 373 g/mol. The number of thiol groups is 1. The van der Waals surface area contributed by atoms with Crippen LogP contribution in [-0.2, 0) is 37.4 Å². The molecule has 4 unspecified atom stereocenters. The van der Waals surface area contributed by atoms with E-state index in [-0.39, 0.29) is 48.3 Å². The topological polar surface area (TPSA) is 9.23 Å². The van der Waals surface area contributed by atoms with Gasteiger partial charge in [0.15, 0.2) is 0 Å². The van der Waals surface area contributed by atoms with Gasteiger partial charge in [-0.1, -0.05) is 47.5 Å². The first-order valence-corrected chi connectivity index (χ1v) is 7.91. The maximum atomic E-state index is 5.91. The van der Waals surface area contributed by atoms with Crippen LogP contribution in [0, 0.1) is 36.5 Å². The van der Waals surface area contributed by atoms with Crippen molar-refractivity contribution in [2.75, 3.05) is 13.2 Å². The van der Waals surface area contributed by atoms with E-state index in [4.69, 9.17) is 17.4 Å². The Labute approximate surface area is 157 Å². The smallest absolute Gasteiger partial charge is 0.0535 e. The van der Waals surface area contributed by atoms with Crippen molar-refractivity contribution in [1.29, 1.82) is 0 Å². The fourth-order valence-corrected chi connectivity index (χ4v) is 4.29. The zero-order chi connectivity index (χ0) is 14.9. The van der Waals surface area contributed by atoms with Crippen LogP contribution < -0.4 is 0 Å². The van der Waals surface area contributed by atoms with Gasteiger partial charge >= 0.3 is 0 Å². The molecule has 0 N–H and O–H groups in total. The van der Waals surface area contributed by atoms with Gasteiger partial charge in [-0.25, -0.2) is 0 Å². The standard InChI is InChI=1S/C17H32OS.Y/c1-13(2)8-16(7,19)17(11-15(4,5)6)9-14(3)10-18-12-17;/h13-14,19H,1,4,8-12H2,2-3,5-7H3;/q-2;. The fraction of sp³-hybridized carbons (Fsp3) is 0.882. The van der Waals surface area contributed by atoms with Gasteiger partial charge in [-0.15, -0.1) is 0 Å². The van der Waals surface area contributed by atoms with Gasteiger partial charge in [-0.05, 0) is 12.3 Å². The third kappa shape index (κ3) is 5.90. The molecule has 0 aromatic rings.